The van der Waals surface area contributed by atoms with Crippen LogP contribution in [0.15, 0.2) is 42.6 Å². The zero-order valence-corrected chi connectivity index (χ0v) is 15.5. The molecule has 6 nitrogen and oxygen atoms in total. The van der Waals surface area contributed by atoms with Gasteiger partial charge in [-0.1, -0.05) is 17.7 Å². The van der Waals surface area contributed by atoms with E-state index in [0.29, 0.717) is 41.9 Å². The third-order valence-electron chi connectivity index (χ3n) is 4.53. The first-order valence-corrected chi connectivity index (χ1v) is 9.01. The number of hydrogen-bond acceptors (Lipinski definition) is 5. The Kier molecular flexibility index (Phi) is 4.81. The van der Waals surface area contributed by atoms with Crippen molar-refractivity contribution in [2.24, 2.45) is 5.92 Å². The van der Waals surface area contributed by atoms with Gasteiger partial charge in [0.15, 0.2) is 0 Å². The second-order valence-electron chi connectivity index (χ2n) is 6.42. The minimum Gasteiger partial charge on any atom is -0.495 e. The Balaban J connectivity index is 1.70. The van der Waals surface area contributed by atoms with Gasteiger partial charge in [-0.2, -0.15) is 0 Å². The number of aromatic nitrogens is 2. The Morgan fingerprint density at radius 2 is 2.19 bits per heavy atom. The van der Waals surface area contributed by atoms with Gasteiger partial charge < -0.3 is 14.8 Å². The molecule has 1 saturated heterocycles. The van der Waals surface area contributed by atoms with Crippen LogP contribution in [-0.4, -0.2) is 36.1 Å². The van der Waals surface area contributed by atoms with E-state index < -0.39 is 0 Å². The molecule has 0 spiro atoms. The van der Waals surface area contributed by atoms with Crippen LogP contribution in [0.1, 0.15) is 6.42 Å². The Morgan fingerprint density at radius 1 is 1.30 bits per heavy atom. The zero-order chi connectivity index (χ0) is 18.8. The second kappa shape index (κ2) is 7.40. The highest BCUT2D eigenvalue weighted by atomic mass is 35.5. The molecule has 138 valence electrons. The summed E-state index contributed by atoms with van der Waals surface area (Å²) < 4.78 is 11.3. The second-order valence-corrected chi connectivity index (χ2v) is 6.82. The van der Waals surface area contributed by atoms with E-state index in [1.165, 1.54) is 0 Å². The molecule has 0 radical (unpaired) electrons. The van der Waals surface area contributed by atoms with Crippen molar-refractivity contribution >= 4 is 28.4 Å². The van der Waals surface area contributed by atoms with Crippen LogP contribution in [0.5, 0.6) is 11.6 Å². The van der Waals surface area contributed by atoms with Gasteiger partial charge in [-0.3, -0.25) is 9.78 Å². The summed E-state index contributed by atoms with van der Waals surface area (Å²) in [4.78, 5) is 20.5. The molecule has 3 heterocycles. The standard InChI is InChI=1S/C20H18ClN3O3/c1-26-18-8-13(4-5-15(18)21)16-9-17-14(3-2-6-22-17)20(24-16)27-11-12-7-19(25)23-10-12/h2-6,8-9,12H,7,10-11H2,1H3,(H,23,25)/t12-/m1/s1. The highest BCUT2D eigenvalue weighted by molar-refractivity contribution is 6.32. The van der Waals surface area contributed by atoms with Crippen LogP contribution in [-0.2, 0) is 4.79 Å². The number of fused-ring (bicyclic) bond motifs is 1. The number of pyridine rings is 2. The number of amides is 1. The number of hydrogen-bond donors (Lipinski definition) is 1. The first-order chi connectivity index (χ1) is 13.1. The molecule has 1 atom stereocenters. The number of methoxy groups -OCH3 is 1. The highest BCUT2D eigenvalue weighted by Gasteiger charge is 2.22. The molecule has 2 aromatic heterocycles. The van der Waals surface area contributed by atoms with Gasteiger partial charge in [0.1, 0.15) is 5.75 Å². The lowest BCUT2D eigenvalue weighted by Crippen LogP contribution is -2.17. The summed E-state index contributed by atoms with van der Waals surface area (Å²) >= 11 is 6.13. The molecule has 3 aromatic rings. The Bertz CT molecular complexity index is 1010. The lowest BCUT2D eigenvalue weighted by Gasteiger charge is -2.13. The van der Waals surface area contributed by atoms with Crippen LogP contribution in [0.4, 0.5) is 0 Å². The van der Waals surface area contributed by atoms with Gasteiger partial charge in [-0.25, -0.2) is 4.98 Å². The van der Waals surface area contributed by atoms with Crippen LogP contribution in [0.3, 0.4) is 0 Å². The fourth-order valence-corrected chi connectivity index (χ4v) is 3.30. The minimum absolute atomic E-state index is 0.0603. The monoisotopic (exact) mass is 383 g/mol. The number of carbonyl (C=O) groups is 1. The zero-order valence-electron chi connectivity index (χ0n) is 14.7. The van der Waals surface area contributed by atoms with E-state index >= 15 is 0 Å². The quantitative estimate of drug-likeness (QED) is 0.730. The normalized spacial score (nSPS) is 16.4. The van der Waals surface area contributed by atoms with Crippen molar-refractivity contribution in [1.29, 1.82) is 0 Å². The molecular formula is C20H18ClN3O3. The number of rotatable bonds is 5. The average molecular weight is 384 g/mol. The predicted molar refractivity (Wildman–Crippen MR) is 103 cm³/mol. The molecule has 1 N–H and O–H groups in total. The first kappa shape index (κ1) is 17.5. The fourth-order valence-electron chi connectivity index (χ4n) is 3.10. The molecule has 4 rings (SSSR count). The minimum atomic E-state index is 0.0603. The van der Waals surface area contributed by atoms with E-state index in [2.05, 4.69) is 10.3 Å². The summed E-state index contributed by atoms with van der Waals surface area (Å²) in [7, 11) is 1.58. The largest absolute Gasteiger partial charge is 0.495 e. The van der Waals surface area contributed by atoms with Gasteiger partial charge >= 0.3 is 0 Å². The van der Waals surface area contributed by atoms with Crippen molar-refractivity contribution in [3.8, 4) is 22.9 Å². The average Bonchev–Trinajstić information content (AvgIpc) is 3.11. The van der Waals surface area contributed by atoms with Gasteiger partial charge in [0.25, 0.3) is 0 Å². The van der Waals surface area contributed by atoms with E-state index in [-0.39, 0.29) is 11.8 Å². The summed E-state index contributed by atoms with van der Waals surface area (Å²) in [5, 5.41) is 4.19. The van der Waals surface area contributed by atoms with Gasteiger partial charge in [0, 0.05) is 30.6 Å². The molecular weight excluding hydrogens is 366 g/mol. The number of carbonyl (C=O) groups excluding carboxylic acids is 1. The highest BCUT2D eigenvalue weighted by Crippen LogP contribution is 2.33. The summed E-state index contributed by atoms with van der Waals surface area (Å²) in [6.45, 7) is 1.05. The Labute approximate surface area is 161 Å². The Morgan fingerprint density at radius 3 is 2.96 bits per heavy atom. The molecule has 1 fully saturated rings. The van der Waals surface area contributed by atoms with E-state index in [9.17, 15) is 4.79 Å². The first-order valence-electron chi connectivity index (χ1n) is 8.63. The lowest BCUT2D eigenvalue weighted by atomic mass is 10.1. The van der Waals surface area contributed by atoms with Crippen LogP contribution >= 0.6 is 11.6 Å². The maximum atomic E-state index is 11.4. The summed E-state index contributed by atoms with van der Waals surface area (Å²) in [6.07, 6.45) is 2.21. The molecule has 0 saturated carbocycles. The van der Waals surface area contributed by atoms with Crippen LogP contribution < -0.4 is 14.8 Å². The van der Waals surface area contributed by atoms with Crippen LogP contribution in [0.25, 0.3) is 22.2 Å². The maximum absolute atomic E-state index is 11.4. The molecule has 1 aliphatic rings. The van der Waals surface area contributed by atoms with E-state index in [1.54, 1.807) is 19.4 Å². The number of nitrogens with zero attached hydrogens (tertiary/aromatic N) is 2. The molecule has 1 aliphatic heterocycles. The molecule has 0 aliphatic carbocycles. The van der Waals surface area contributed by atoms with Crippen LogP contribution in [0, 0.1) is 5.92 Å². The third-order valence-corrected chi connectivity index (χ3v) is 4.84. The van der Waals surface area contributed by atoms with Gasteiger partial charge in [0.05, 0.1) is 35.3 Å². The number of halogens is 1. The van der Waals surface area contributed by atoms with E-state index in [0.717, 1.165) is 16.5 Å². The van der Waals surface area contributed by atoms with Gasteiger partial charge in [-0.05, 0) is 30.3 Å². The summed E-state index contributed by atoms with van der Waals surface area (Å²) in [5.74, 6) is 1.29. The number of ether oxygens (including phenoxy) is 2. The van der Waals surface area contributed by atoms with Crippen molar-refractivity contribution in [3.05, 3.63) is 47.6 Å². The molecule has 1 aromatic carbocycles. The molecule has 27 heavy (non-hydrogen) atoms. The van der Waals surface area contributed by atoms with Gasteiger partial charge in [0.2, 0.25) is 11.8 Å². The van der Waals surface area contributed by atoms with Crippen molar-refractivity contribution < 1.29 is 14.3 Å². The van der Waals surface area contributed by atoms with Crippen molar-refractivity contribution in [3.63, 3.8) is 0 Å². The molecule has 7 heteroatoms. The van der Waals surface area contributed by atoms with Crippen molar-refractivity contribution in [2.45, 2.75) is 6.42 Å². The number of nitrogens with one attached hydrogen (secondary N) is 1. The lowest BCUT2D eigenvalue weighted by molar-refractivity contribution is -0.119. The topological polar surface area (TPSA) is 73.3 Å². The molecule has 0 bridgehead atoms. The Hall–Kier alpha value is -2.86. The SMILES string of the molecule is COc1cc(-c2cc3ncccc3c(OC[C@H]3CNC(=O)C3)n2)ccc1Cl. The predicted octanol–water partition coefficient (Wildman–Crippen LogP) is 3.47. The maximum Gasteiger partial charge on any atom is 0.223 e. The smallest absolute Gasteiger partial charge is 0.223 e. The van der Waals surface area contributed by atoms with E-state index in [1.807, 2.05) is 30.3 Å². The summed E-state index contributed by atoms with van der Waals surface area (Å²) in [6, 6.07) is 11.2. The van der Waals surface area contributed by atoms with Gasteiger partial charge in [-0.15, -0.1) is 0 Å². The van der Waals surface area contributed by atoms with Crippen molar-refractivity contribution in [1.82, 2.24) is 15.3 Å². The number of benzene rings is 1. The molecule has 0 unspecified atom stereocenters. The fraction of sp³-hybridized carbons (Fsp3) is 0.250. The van der Waals surface area contributed by atoms with Crippen molar-refractivity contribution in [2.75, 3.05) is 20.3 Å². The third kappa shape index (κ3) is 3.66. The summed E-state index contributed by atoms with van der Waals surface area (Å²) in [5.41, 5.74) is 2.35. The van der Waals surface area contributed by atoms with E-state index in [4.69, 9.17) is 26.1 Å². The van der Waals surface area contributed by atoms with Crippen LogP contribution in [0.2, 0.25) is 5.02 Å². The molecule has 1 amide bonds.